The van der Waals surface area contributed by atoms with E-state index >= 15 is 0 Å². The molecule has 0 saturated carbocycles. The van der Waals surface area contributed by atoms with Gasteiger partial charge in [-0.15, -0.1) is 0 Å². The molecule has 0 atom stereocenters. The number of sulfonamides is 1. The lowest BCUT2D eigenvalue weighted by molar-refractivity contribution is 0.281. The minimum absolute atomic E-state index is 0.162. The van der Waals surface area contributed by atoms with E-state index < -0.39 is 15.6 Å². The Kier molecular flexibility index (Phi) is 5.74. The summed E-state index contributed by atoms with van der Waals surface area (Å²) in [7, 11) is -3.58. The second-order valence-electron chi connectivity index (χ2n) is 5.69. The van der Waals surface area contributed by atoms with Gasteiger partial charge in [0.15, 0.2) is 0 Å². The lowest BCUT2D eigenvalue weighted by Crippen LogP contribution is -2.43. The Bertz CT molecular complexity index is 550. The molecule has 0 unspecified atom stereocenters. The van der Waals surface area contributed by atoms with E-state index in [1.807, 2.05) is 27.7 Å². The SMILES string of the molecule is CCCC(C)(C)NS(=O)(=O)c1cc(CO)ccc1CC. The maximum Gasteiger partial charge on any atom is 0.241 e. The third-order valence-corrected chi connectivity index (χ3v) is 5.05. The van der Waals surface area contributed by atoms with Crippen molar-refractivity contribution in [2.45, 2.75) is 64.0 Å². The summed E-state index contributed by atoms with van der Waals surface area (Å²) in [6, 6.07) is 5.09. The van der Waals surface area contributed by atoms with E-state index in [-0.39, 0.29) is 11.5 Å². The maximum atomic E-state index is 12.6. The monoisotopic (exact) mass is 299 g/mol. The highest BCUT2D eigenvalue weighted by molar-refractivity contribution is 7.89. The Morgan fingerprint density at radius 2 is 1.90 bits per heavy atom. The van der Waals surface area contributed by atoms with Crippen molar-refractivity contribution in [3.63, 3.8) is 0 Å². The number of rotatable bonds is 7. The van der Waals surface area contributed by atoms with Crippen LogP contribution < -0.4 is 4.72 Å². The van der Waals surface area contributed by atoms with Gasteiger partial charge < -0.3 is 5.11 Å². The molecule has 0 aliphatic rings. The van der Waals surface area contributed by atoms with E-state index in [0.717, 1.165) is 18.4 Å². The number of hydrogen-bond donors (Lipinski definition) is 2. The lowest BCUT2D eigenvalue weighted by Gasteiger charge is -2.26. The Labute approximate surface area is 122 Å². The number of nitrogens with one attached hydrogen (secondary N) is 1. The van der Waals surface area contributed by atoms with Crippen molar-refractivity contribution < 1.29 is 13.5 Å². The summed E-state index contributed by atoms with van der Waals surface area (Å²) >= 11 is 0. The van der Waals surface area contributed by atoms with Crippen molar-refractivity contribution in [3.8, 4) is 0 Å². The highest BCUT2D eigenvalue weighted by atomic mass is 32.2. The highest BCUT2D eigenvalue weighted by Gasteiger charge is 2.27. The van der Waals surface area contributed by atoms with Crippen LogP contribution in [0, 0.1) is 0 Å². The number of aliphatic hydroxyl groups excluding tert-OH is 1. The summed E-state index contributed by atoms with van der Waals surface area (Å²) in [4.78, 5) is 0.274. The van der Waals surface area contributed by atoms with E-state index in [9.17, 15) is 13.5 Å². The van der Waals surface area contributed by atoms with Gasteiger partial charge in [-0.25, -0.2) is 13.1 Å². The summed E-state index contributed by atoms with van der Waals surface area (Å²) in [6.45, 7) is 7.56. The van der Waals surface area contributed by atoms with Crippen molar-refractivity contribution in [3.05, 3.63) is 29.3 Å². The van der Waals surface area contributed by atoms with Gasteiger partial charge in [0.25, 0.3) is 0 Å². The molecule has 0 aromatic heterocycles. The molecule has 0 aliphatic carbocycles. The molecule has 0 amide bonds. The molecule has 0 radical (unpaired) electrons. The molecule has 0 saturated heterocycles. The molecule has 1 aromatic rings. The molecule has 1 aromatic carbocycles. The van der Waals surface area contributed by atoms with Crippen LogP contribution in [-0.4, -0.2) is 19.1 Å². The molecule has 0 heterocycles. The van der Waals surface area contributed by atoms with Gasteiger partial charge in [-0.1, -0.05) is 32.4 Å². The molecule has 20 heavy (non-hydrogen) atoms. The zero-order valence-electron chi connectivity index (χ0n) is 12.7. The molecule has 2 N–H and O–H groups in total. The van der Waals surface area contributed by atoms with E-state index in [1.54, 1.807) is 18.2 Å². The van der Waals surface area contributed by atoms with Gasteiger partial charge in [-0.05, 0) is 43.9 Å². The first-order valence-electron chi connectivity index (χ1n) is 7.02. The van der Waals surface area contributed by atoms with Crippen molar-refractivity contribution in [2.75, 3.05) is 0 Å². The first-order chi connectivity index (χ1) is 9.25. The van der Waals surface area contributed by atoms with Gasteiger partial charge in [0, 0.05) is 5.54 Å². The molecule has 0 spiro atoms. The van der Waals surface area contributed by atoms with Crippen LogP contribution in [0.2, 0.25) is 0 Å². The fourth-order valence-electron chi connectivity index (χ4n) is 2.33. The van der Waals surface area contributed by atoms with Crippen molar-refractivity contribution in [2.24, 2.45) is 0 Å². The Hall–Kier alpha value is -0.910. The number of aryl methyl sites for hydroxylation is 1. The lowest BCUT2D eigenvalue weighted by atomic mass is 10.0. The van der Waals surface area contributed by atoms with Crippen LogP contribution in [0.5, 0.6) is 0 Å². The molecular weight excluding hydrogens is 274 g/mol. The molecule has 5 heteroatoms. The van der Waals surface area contributed by atoms with Crippen LogP contribution in [-0.2, 0) is 23.1 Å². The van der Waals surface area contributed by atoms with Gasteiger partial charge in [0.2, 0.25) is 10.0 Å². The first-order valence-corrected chi connectivity index (χ1v) is 8.50. The summed E-state index contributed by atoms with van der Waals surface area (Å²) in [5.41, 5.74) is 0.895. The first kappa shape index (κ1) is 17.1. The number of aliphatic hydroxyl groups is 1. The molecule has 1 rings (SSSR count). The smallest absolute Gasteiger partial charge is 0.241 e. The average Bonchev–Trinajstić information content (AvgIpc) is 2.36. The Morgan fingerprint density at radius 1 is 1.25 bits per heavy atom. The van der Waals surface area contributed by atoms with E-state index in [1.165, 1.54) is 0 Å². The maximum absolute atomic E-state index is 12.6. The quantitative estimate of drug-likeness (QED) is 0.813. The minimum Gasteiger partial charge on any atom is -0.392 e. The van der Waals surface area contributed by atoms with Gasteiger partial charge in [0.1, 0.15) is 0 Å². The van der Waals surface area contributed by atoms with Gasteiger partial charge >= 0.3 is 0 Å². The topological polar surface area (TPSA) is 66.4 Å². The zero-order valence-corrected chi connectivity index (χ0v) is 13.5. The third-order valence-electron chi connectivity index (χ3n) is 3.27. The second-order valence-corrected chi connectivity index (χ2v) is 7.34. The predicted molar refractivity (Wildman–Crippen MR) is 81.1 cm³/mol. The van der Waals surface area contributed by atoms with E-state index in [4.69, 9.17) is 0 Å². The summed E-state index contributed by atoms with van der Waals surface area (Å²) in [6.07, 6.45) is 2.32. The van der Waals surface area contributed by atoms with Crippen LogP contribution >= 0.6 is 0 Å². The van der Waals surface area contributed by atoms with Crippen LogP contribution in [0.3, 0.4) is 0 Å². The third kappa shape index (κ3) is 4.30. The summed E-state index contributed by atoms with van der Waals surface area (Å²) < 4.78 is 27.9. The molecule has 0 bridgehead atoms. The Balaban J connectivity index is 3.20. The summed E-state index contributed by atoms with van der Waals surface area (Å²) in [5.74, 6) is 0. The normalized spacial score (nSPS) is 12.7. The minimum atomic E-state index is -3.58. The fraction of sp³-hybridized carbons (Fsp3) is 0.600. The molecule has 114 valence electrons. The van der Waals surface area contributed by atoms with Crippen molar-refractivity contribution in [1.82, 2.24) is 4.72 Å². The van der Waals surface area contributed by atoms with Crippen LogP contribution in [0.25, 0.3) is 0 Å². The highest BCUT2D eigenvalue weighted by Crippen LogP contribution is 2.22. The van der Waals surface area contributed by atoms with E-state index in [0.29, 0.717) is 12.0 Å². The number of benzene rings is 1. The van der Waals surface area contributed by atoms with Gasteiger partial charge in [-0.2, -0.15) is 0 Å². The number of hydrogen-bond acceptors (Lipinski definition) is 3. The molecule has 0 aliphatic heterocycles. The average molecular weight is 299 g/mol. The second kappa shape index (κ2) is 6.70. The molecular formula is C15H25NO3S. The standard InChI is InChI=1S/C15H25NO3S/c1-5-9-15(3,4)16-20(18,19)14-10-12(11-17)7-8-13(14)6-2/h7-8,10,16-17H,5-6,9,11H2,1-4H3. The molecule has 0 fully saturated rings. The predicted octanol–water partition coefficient (Wildman–Crippen LogP) is 2.60. The van der Waals surface area contributed by atoms with Crippen LogP contribution in [0.1, 0.15) is 51.7 Å². The largest absolute Gasteiger partial charge is 0.392 e. The fourth-order valence-corrected chi connectivity index (χ4v) is 4.14. The Morgan fingerprint density at radius 3 is 2.40 bits per heavy atom. The zero-order chi connectivity index (χ0) is 15.4. The van der Waals surface area contributed by atoms with Gasteiger partial charge in [-0.3, -0.25) is 0 Å². The van der Waals surface area contributed by atoms with Crippen LogP contribution in [0.15, 0.2) is 23.1 Å². The van der Waals surface area contributed by atoms with Crippen molar-refractivity contribution in [1.29, 1.82) is 0 Å². The van der Waals surface area contributed by atoms with Crippen molar-refractivity contribution >= 4 is 10.0 Å². The van der Waals surface area contributed by atoms with Gasteiger partial charge in [0.05, 0.1) is 11.5 Å². The van der Waals surface area contributed by atoms with E-state index in [2.05, 4.69) is 4.72 Å². The van der Waals surface area contributed by atoms with Crippen LogP contribution in [0.4, 0.5) is 0 Å². The molecule has 4 nitrogen and oxygen atoms in total. The summed E-state index contributed by atoms with van der Waals surface area (Å²) in [5, 5.41) is 9.19.